The Morgan fingerprint density at radius 2 is 2.03 bits per heavy atom. The molecule has 3 aromatic rings. The third-order valence-corrected chi connectivity index (χ3v) is 5.26. The van der Waals surface area contributed by atoms with Crippen molar-refractivity contribution in [1.82, 2.24) is 25.0 Å². The van der Waals surface area contributed by atoms with Gasteiger partial charge >= 0.3 is 5.97 Å². The molecule has 1 aliphatic heterocycles. The molecule has 0 bridgehead atoms. The van der Waals surface area contributed by atoms with Crippen molar-refractivity contribution < 1.29 is 23.5 Å². The zero-order valence-corrected chi connectivity index (χ0v) is 18.2. The van der Waals surface area contributed by atoms with Gasteiger partial charge in [0.2, 0.25) is 11.9 Å². The Labute approximate surface area is 187 Å². The summed E-state index contributed by atoms with van der Waals surface area (Å²) in [5.74, 6) is -1.56. The first-order valence-corrected chi connectivity index (χ1v) is 10.5. The molecule has 4 rings (SSSR count). The van der Waals surface area contributed by atoms with E-state index in [9.17, 15) is 14.4 Å². The summed E-state index contributed by atoms with van der Waals surface area (Å²) < 4.78 is 27.5. The molecular weight excluding hydrogens is 435 g/mol. The number of alkyl halides is 1. The van der Waals surface area contributed by atoms with Crippen molar-refractivity contribution in [3.8, 4) is 0 Å². The van der Waals surface area contributed by atoms with E-state index in [1.165, 1.54) is 0 Å². The minimum Gasteiger partial charge on any atom is -0.451 e. The number of H-pyrrole nitrogens is 1. The van der Waals surface area contributed by atoms with Gasteiger partial charge in [0.05, 0.1) is 11.7 Å². The van der Waals surface area contributed by atoms with Crippen LogP contribution < -0.4 is 10.9 Å². The second kappa shape index (κ2) is 9.06. The molecule has 1 saturated heterocycles. The average molecular weight is 458 g/mol. The number of halogens is 1. The van der Waals surface area contributed by atoms with Crippen LogP contribution in [0.5, 0.6) is 0 Å². The molecule has 0 saturated carbocycles. The molecule has 1 amide bonds. The van der Waals surface area contributed by atoms with Crippen LogP contribution in [-0.2, 0) is 14.3 Å². The molecule has 2 N–H and O–H groups in total. The highest BCUT2D eigenvalue weighted by atomic mass is 19.1. The lowest BCUT2D eigenvalue weighted by Gasteiger charge is -2.20. The van der Waals surface area contributed by atoms with Gasteiger partial charge in [-0.3, -0.25) is 19.9 Å². The van der Waals surface area contributed by atoms with E-state index in [2.05, 4.69) is 25.6 Å². The summed E-state index contributed by atoms with van der Waals surface area (Å²) in [6.45, 7) is 5.10. The van der Waals surface area contributed by atoms with E-state index in [0.29, 0.717) is 6.42 Å². The van der Waals surface area contributed by atoms with E-state index in [4.69, 9.17) is 9.47 Å². The van der Waals surface area contributed by atoms with Crippen LogP contribution in [0.4, 0.5) is 10.3 Å². The van der Waals surface area contributed by atoms with Crippen LogP contribution in [-0.4, -0.2) is 55.2 Å². The molecule has 3 heterocycles. The molecule has 1 fully saturated rings. The number of rotatable bonds is 6. The van der Waals surface area contributed by atoms with E-state index in [0.717, 1.165) is 4.68 Å². The van der Waals surface area contributed by atoms with Gasteiger partial charge in [0, 0.05) is 5.92 Å². The monoisotopic (exact) mass is 458 g/mol. The molecule has 0 unspecified atom stereocenters. The molecule has 174 valence electrons. The second-order valence-corrected chi connectivity index (χ2v) is 7.92. The zero-order valence-electron chi connectivity index (χ0n) is 18.2. The number of nitrogens with one attached hydrogen (secondary N) is 2. The van der Waals surface area contributed by atoms with Crippen LogP contribution in [0.3, 0.4) is 0 Å². The number of esters is 1. The van der Waals surface area contributed by atoms with Crippen molar-refractivity contribution in [1.29, 1.82) is 0 Å². The molecule has 33 heavy (non-hydrogen) atoms. The Morgan fingerprint density at radius 3 is 2.70 bits per heavy atom. The Bertz CT molecular complexity index is 1230. The largest absolute Gasteiger partial charge is 0.451 e. The van der Waals surface area contributed by atoms with Gasteiger partial charge < -0.3 is 9.47 Å². The topological polar surface area (TPSA) is 141 Å². The number of anilines is 1. The fourth-order valence-electron chi connectivity index (χ4n) is 3.44. The van der Waals surface area contributed by atoms with Gasteiger partial charge in [-0.25, -0.2) is 9.18 Å². The number of fused-ring (bicyclic) bond motifs is 1. The van der Waals surface area contributed by atoms with Crippen LogP contribution in [0, 0.1) is 5.92 Å². The van der Waals surface area contributed by atoms with Gasteiger partial charge in [-0.05, 0) is 18.6 Å². The lowest BCUT2D eigenvalue weighted by atomic mass is 10.1. The Morgan fingerprint density at radius 1 is 1.30 bits per heavy atom. The number of amides is 1. The molecule has 0 aliphatic carbocycles. The highest BCUT2D eigenvalue weighted by molar-refractivity contribution is 5.91. The maximum absolute atomic E-state index is 15.2. The predicted octanol–water partition coefficient (Wildman–Crippen LogP) is 1.98. The number of aromatic nitrogens is 5. The number of hydrogen-bond acceptors (Lipinski definition) is 8. The van der Waals surface area contributed by atoms with Crippen molar-refractivity contribution in [3.63, 3.8) is 0 Å². The normalized spacial score (nSPS) is 22.6. The third kappa shape index (κ3) is 4.33. The lowest BCUT2D eigenvalue weighted by molar-refractivity contribution is -0.118. The van der Waals surface area contributed by atoms with E-state index < -0.39 is 36.1 Å². The first kappa shape index (κ1) is 22.5. The fraction of sp³-hybridized carbons (Fsp3) is 0.429. The van der Waals surface area contributed by atoms with Gasteiger partial charge in [0.1, 0.15) is 0 Å². The standard InChI is InChI=1S/C21H23FN6O5/c1-4-12-13(22)15(33-20(31)11-8-6-5-7-9-11)19(32-12)28-16-14(26-27-28)18(30)25-21(23-16)24-17(29)10(2)3/h5-10,12-13,15,19H,4H2,1-3H3,(H2,23,24,25,29,30)/t12-,13-,15-,19-/m1/s1. The summed E-state index contributed by atoms with van der Waals surface area (Å²) in [4.78, 5) is 43.7. The number of aromatic amines is 1. The van der Waals surface area contributed by atoms with Crippen LogP contribution in [0.1, 0.15) is 43.8 Å². The number of benzene rings is 1. The van der Waals surface area contributed by atoms with Gasteiger partial charge in [0.25, 0.3) is 5.56 Å². The number of carbonyl (C=O) groups excluding carboxylic acids is 2. The summed E-state index contributed by atoms with van der Waals surface area (Å²) >= 11 is 0. The molecule has 1 aliphatic rings. The number of nitrogens with zero attached hydrogens (tertiary/aromatic N) is 4. The smallest absolute Gasteiger partial charge is 0.338 e. The molecule has 0 spiro atoms. The number of carbonyl (C=O) groups is 2. The average Bonchev–Trinajstić information content (AvgIpc) is 3.35. The summed E-state index contributed by atoms with van der Waals surface area (Å²) in [6.07, 6.45) is -4.78. The van der Waals surface area contributed by atoms with E-state index in [1.54, 1.807) is 51.1 Å². The summed E-state index contributed by atoms with van der Waals surface area (Å²) in [5, 5.41) is 10.2. The predicted molar refractivity (Wildman–Crippen MR) is 114 cm³/mol. The summed E-state index contributed by atoms with van der Waals surface area (Å²) in [6, 6.07) is 8.16. The Hall–Kier alpha value is -3.67. The molecule has 11 nitrogen and oxygen atoms in total. The molecule has 1 aromatic carbocycles. The van der Waals surface area contributed by atoms with Crippen molar-refractivity contribution in [2.75, 3.05) is 5.32 Å². The molecule has 4 atom stereocenters. The van der Waals surface area contributed by atoms with E-state index in [1.807, 2.05) is 0 Å². The molecular formula is C21H23FN6O5. The quantitative estimate of drug-likeness (QED) is 0.534. The minimum atomic E-state index is -1.64. The van der Waals surface area contributed by atoms with Gasteiger partial charge in [-0.1, -0.05) is 44.2 Å². The third-order valence-electron chi connectivity index (χ3n) is 5.26. The summed E-state index contributed by atoms with van der Waals surface area (Å²) in [5.41, 5.74) is -0.581. The van der Waals surface area contributed by atoms with Crippen LogP contribution >= 0.6 is 0 Å². The van der Waals surface area contributed by atoms with Crippen molar-refractivity contribution in [2.45, 2.75) is 51.8 Å². The Balaban J connectivity index is 1.71. The number of hydrogen-bond donors (Lipinski definition) is 2. The number of ether oxygens (including phenoxy) is 2. The second-order valence-electron chi connectivity index (χ2n) is 7.92. The van der Waals surface area contributed by atoms with Crippen molar-refractivity contribution >= 4 is 29.0 Å². The lowest BCUT2D eigenvalue weighted by Crippen LogP contribution is -2.33. The first-order valence-electron chi connectivity index (χ1n) is 10.5. The van der Waals surface area contributed by atoms with Gasteiger partial charge in [0.15, 0.2) is 29.7 Å². The Kier molecular flexibility index (Phi) is 6.18. The molecule has 0 radical (unpaired) electrons. The highest BCUT2D eigenvalue weighted by Gasteiger charge is 2.49. The highest BCUT2D eigenvalue weighted by Crippen LogP contribution is 2.36. The zero-order chi connectivity index (χ0) is 23.7. The molecule has 12 heteroatoms. The minimum absolute atomic E-state index is 0.0486. The maximum atomic E-state index is 15.2. The van der Waals surface area contributed by atoms with E-state index >= 15 is 4.39 Å². The first-order chi connectivity index (χ1) is 15.8. The van der Waals surface area contributed by atoms with Crippen LogP contribution in [0.25, 0.3) is 11.2 Å². The summed E-state index contributed by atoms with van der Waals surface area (Å²) in [7, 11) is 0. The van der Waals surface area contributed by atoms with E-state index in [-0.39, 0.29) is 34.5 Å². The van der Waals surface area contributed by atoms with Crippen LogP contribution in [0.2, 0.25) is 0 Å². The van der Waals surface area contributed by atoms with Crippen molar-refractivity contribution in [3.05, 3.63) is 46.2 Å². The molecule has 2 aromatic heterocycles. The van der Waals surface area contributed by atoms with Crippen LogP contribution in [0.15, 0.2) is 35.1 Å². The SMILES string of the molecule is CC[C@H]1O[C@@H](n2nnc3c(=O)[nH]c(NC(=O)C(C)C)nc32)[C@H](OC(=O)c2ccccc2)[C@@H]1F. The van der Waals surface area contributed by atoms with Gasteiger partial charge in [-0.15, -0.1) is 5.10 Å². The fourth-order valence-corrected chi connectivity index (χ4v) is 3.44. The van der Waals surface area contributed by atoms with Crippen molar-refractivity contribution in [2.24, 2.45) is 5.92 Å². The maximum Gasteiger partial charge on any atom is 0.338 e. The van der Waals surface area contributed by atoms with Gasteiger partial charge in [-0.2, -0.15) is 9.67 Å².